The molecule has 4 nitrogen and oxygen atoms in total. The second-order valence-electron chi connectivity index (χ2n) is 6.38. The monoisotopic (exact) mass is 292 g/mol. The summed E-state index contributed by atoms with van der Waals surface area (Å²) >= 11 is 0. The molecule has 2 atom stereocenters. The minimum Gasteiger partial charge on any atom is -0.313 e. The molecule has 0 saturated carbocycles. The van der Waals surface area contributed by atoms with Gasteiger partial charge in [-0.25, -0.2) is 0 Å². The van der Waals surface area contributed by atoms with Crippen molar-refractivity contribution in [3.63, 3.8) is 0 Å². The van der Waals surface area contributed by atoms with E-state index >= 15 is 0 Å². The number of hydrogen-bond acceptors (Lipinski definition) is 3. The van der Waals surface area contributed by atoms with E-state index in [1.165, 1.54) is 43.6 Å². The van der Waals surface area contributed by atoms with Gasteiger partial charge in [0.25, 0.3) is 0 Å². The Balaban J connectivity index is 2.02. The van der Waals surface area contributed by atoms with Crippen LogP contribution in [0.25, 0.3) is 0 Å². The Hall–Kier alpha value is -0.870. The molecule has 1 aromatic rings. The number of nitrogens with zero attached hydrogens (tertiary/aromatic N) is 3. The van der Waals surface area contributed by atoms with Gasteiger partial charge >= 0.3 is 0 Å². The zero-order valence-electron chi connectivity index (χ0n) is 14.2. The Kier molecular flexibility index (Phi) is 6.24. The Morgan fingerprint density at radius 3 is 2.86 bits per heavy atom. The predicted molar refractivity (Wildman–Crippen MR) is 88.4 cm³/mol. The molecule has 2 heterocycles. The van der Waals surface area contributed by atoms with Gasteiger partial charge in [-0.15, -0.1) is 0 Å². The van der Waals surface area contributed by atoms with E-state index in [0.29, 0.717) is 12.1 Å². The van der Waals surface area contributed by atoms with Crippen molar-refractivity contribution in [1.29, 1.82) is 0 Å². The van der Waals surface area contributed by atoms with Crippen LogP contribution < -0.4 is 5.32 Å². The van der Waals surface area contributed by atoms with Crippen molar-refractivity contribution in [3.05, 3.63) is 17.5 Å². The van der Waals surface area contributed by atoms with Gasteiger partial charge in [0.15, 0.2) is 0 Å². The number of likely N-dealkylation sites (tertiary alicyclic amines) is 1. The van der Waals surface area contributed by atoms with Crippen molar-refractivity contribution < 1.29 is 0 Å². The molecule has 1 aliphatic heterocycles. The van der Waals surface area contributed by atoms with Gasteiger partial charge in [-0.3, -0.25) is 9.58 Å². The molecule has 0 bridgehead atoms. The van der Waals surface area contributed by atoms with Crippen molar-refractivity contribution in [3.8, 4) is 0 Å². The van der Waals surface area contributed by atoms with Crippen LogP contribution in [0.5, 0.6) is 0 Å². The lowest BCUT2D eigenvalue weighted by atomic mass is 9.96. The molecule has 0 aromatic carbocycles. The zero-order chi connectivity index (χ0) is 15.2. The largest absolute Gasteiger partial charge is 0.313 e. The van der Waals surface area contributed by atoms with Crippen LogP contribution in [0.15, 0.2) is 6.07 Å². The van der Waals surface area contributed by atoms with Gasteiger partial charge in [0.2, 0.25) is 0 Å². The first-order chi connectivity index (χ1) is 10.2. The molecule has 1 fully saturated rings. The fraction of sp³-hybridized carbons (Fsp3) is 0.824. The van der Waals surface area contributed by atoms with Crippen molar-refractivity contribution in [2.24, 2.45) is 7.05 Å². The lowest BCUT2D eigenvalue weighted by Gasteiger charge is -2.39. The average Bonchev–Trinajstić information content (AvgIpc) is 2.85. The molecule has 21 heavy (non-hydrogen) atoms. The highest BCUT2D eigenvalue weighted by Gasteiger charge is 2.27. The molecule has 0 spiro atoms. The number of piperidine rings is 1. The van der Waals surface area contributed by atoms with E-state index in [2.05, 4.69) is 53.9 Å². The summed E-state index contributed by atoms with van der Waals surface area (Å²) in [6.07, 6.45) is 6.24. The van der Waals surface area contributed by atoms with Gasteiger partial charge in [-0.1, -0.05) is 20.3 Å². The van der Waals surface area contributed by atoms with Crippen LogP contribution >= 0.6 is 0 Å². The van der Waals surface area contributed by atoms with E-state index in [-0.39, 0.29) is 0 Å². The molecule has 1 N–H and O–H groups in total. The fourth-order valence-electron chi connectivity index (χ4n) is 3.39. The molecule has 0 amide bonds. The van der Waals surface area contributed by atoms with E-state index in [9.17, 15) is 0 Å². The van der Waals surface area contributed by atoms with Gasteiger partial charge in [-0.05, 0) is 51.8 Å². The normalized spacial score (nSPS) is 21.6. The molecule has 1 aliphatic rings. The zero-order valence-corrected chi connectivity index (χ0v) is 14.2. The van der Waals surface area contributed by atoms with E-state index in [1.807, 2.05) is 0 Å². The van der Waals surface area contributed by atoms with Crippen molar-refractivity contribution in [2.45, 2.75) is 71.5 Å². The van der Waals surface area contributed by atoms with Crippen LogP contribution in [0.3, 0.4) is 0 Å². The lowest BCUT2D eigenvalue weighted by molar-refractivity contribution is 0.109. The molecular weight excluding hydrogens is 260 g/mol. The maximum atomic E-state index is 4.59. The van der Waals surface area contributed by atoms with Crippen LogP contribution in [-0.2, 0) is 20.0 Å². The minimum atomic E-state index is 0.573. The first kappa shape index (κ1) is 16.5. The third kappa shape index (κ3) is 4.30. The summed E-state index contributed by atoms with van der Waals surface area (Å²) < 4.78 is 2.06. The minimum absolute atomic E-state index is 0.573. The molecule has 0 radical (unpaired) electrons. The number of rotatable bonds is 7. The quantitative estimate of drug-likeness (QED) is 0.839. The van der Waals surface area contributed by atoms with Gasteiger partial charge in [0, 0.05) is 25.7 Å². The highest BCUT2D eigenvalue weighted by atomic mass is 15.3. The predicted octanol–water partition coefficient (Wildman–Crippen LogP) is 2.73. The van der Waals surface area contributed by atoms with Crippen LogP contribution in [0.1, 0.15) is 57.8 Å². The average molecular weight is 292 g/mol. The van der Waals surface area contributed by atoms with Gasteiger partial charge in [-0.2, -0.15) is 5.10 Å². The smallest absolute Gasteiger partial charge is 0.0625 e. The lowest BCUT2D eigenvalue weighted by Crippen LogP contribution is -2.50. The second-order valence-corrected chi connectivity index (χ2v) is 6.38. The van der Waals surface area contributed by atoms with Crippen molar-refractivity contribution in [1.82, 2.24) is 20.0 Å². The van der Waals surface area contributed by atoms with Crippen LogP contribution in [-0.4, -0.2) is 39.9 Å². The maximum Gasteiger partial charge on any atom is 0.0625 e. The van der Waals surface area contributed by atoms with Crippen LogP contribution in [0, 0.1) is 0 Å². The molecule has 1 saturated heterocycles. The summed E-state index contributed by atoms with van der Waals surface area (Å²) in [7, 11) is 2.08. The fourth-order valence-corrected chi connectivity index (χ4v) is 3.39. The molecule has 0 aliphatic carbocycles. The van der Waals surface area contributed by atoms with Gasteiger partial charge < -0.3 is 5.32 Å². The van der Waals surface area contributed by atoms with E-state index in [4.69, 9.17) is 0 Å². The molecule has 4 heteroatoms. The SMILES string of the molecule is CCCNC(C)C1CCCCN1Cc1cc(CC)nn1C. The Bertz CT molecular complexity index is 426. The van der Waals surface area contributed by atoms with Crippen LogP contribution in [0.4, 0.5) is 0 Å². The van der Waals surface area contributed by atoms with Crippen LogP contribution in [0.2, 0.25) is 0 Å². The Labute approximate surface area is 129 Å². The Morgan fingerprint density at radius 1 is 1.38 bits per heavy atom. The summed E-state index contributed by atoms with van der Waals surface area (Å²) in [6.45, 7) is 10.1. The summed E-state index contributed by atoms with van der Waals surface area (Å²) in [5, 5.41) is 8.27. The molecule has 2 unspecified atom stereocenters. The van der Waals surface area contributed by atoms with E-state index < -0.39 is 0 Å². The van der Waals surface area contributed by atoms with Crippen molar-refractivity contribution >= 4 is 0 Å². The van der Waals surface area contributed by atoms with Gasteiger partial charge in [0.1, 0.15) is 0 Å². The summed E-state index contributed by atoms with van der Waals surface area (Å²) in [4.78, 5) is 2.66. The van der Waals surface area contributed by atoms with E-state index in [1.54, 1.807) is 0 Å². The van der Waals surface area contributed by atoms with Gasteiger partial charge in [0.05, 0.1) is 11.4 Å². The molecule has 2 rings (SSSR count). The highest BCUT2D eigenvalue weighted by Crippen LogP contribution is 2.22. The maximum absolute atomic E-state index is 4.59. The Morgan fingerprint density at radius 2 is 2.19 bits per heavy atom. The summed E-state index contributed by atoms with van der Waals surface area (Å²) in [5.41, 5.74) is 2.56. The summed E-state index contributed by atoms with van der Waals surface area (Å²) in [6, 6.07) is 3.50. The molecule has 1 aromatic heterocycles. The first-order valence-electron chi connectivity index (χ1n) is 8.64. The van der Waals surface area contributed by atoms with E-state index in [0.717, 1.165) is 19.5 Å². The second kappa shape index (κ2) is 7.95. The molecule has 120 valence electrons. The number of nitrogens with one attached hydrogen (secondary N) is 1. The number of hydrogen-bond donors (Lipinski definition) is 1. The van der Waals surface area contributed by atoms with Crippen molar-refractivity contribution in [2.75, 3.05) is 13.1 Å². The highest BCUT2D eigenvalue weighted by molar-refractivity contribution is 5.10. The third-order valence-corrected chi connectivity index (χ3v) is 4.71. The molecular formula is C17H32N4. The third-order valence-electron chi connectivity index (χ3n) is 4.71. The number of aromatic nitrogens is 2. The number of aryl methyl sites for hydroxylation is 2. The topological polar surface area (TPSA) is 33.1 Å². The summed E-state index contributed by atoms with van der Waals surface area (Å²) in [5.74, 6) is 0. The standard InChI is InChI=1S/C17H32N4/c1-5-10-18-14(3)17-9-7-8-11-21(17)13-16-12-15(6-2)19-20(16)4/h12,14,17-18H,5-11,13H2,1-4H3. The first-order valence-corrected chi connectivity index (χ1v) is 8.64.